The zero-order chi connectivity index (χ0) is 21.8. The van der Waals surface area contributed by atoms with Gasteiger partial charge in [0, 0.05) is 36.9 Å². The Morgan fingerprint density at radius 1 is 1.00 bits per heavy atom. The molecule has 0 aliphatic carbocycles. The predicted molar refractivity (Wildman–Crippen MR) is 122 cm³/mol. The third-order valence-corrected chi connectivity index (χ3v) is 5.43. The molecule has 0 saturated heterocycles. The molecule has 0 N–H and O–H groups in total. The number of aryl methyl sites for hydroxylation is 1. The molecule has 6 heteroatoms. The van der Waals surface area contributed by atoms with Crippen LogP contribution in [0, 0.1) is 0 Å². The van der Waals surface area contributed by atoms with E-state index in [-0.39, 0.29) is 18.0 Å². The van der Waals surface area contributed by atoms with Crippen molar-refractivity contribution in [3.8, 4) is 0 Å². The van der Waals surface area contributed by atoms with Gasteiger partial charge in [-0.15, -0.1) is 0 Å². The van der Waals surface area contributed by atoms with Gasteiger partial charge in [0.05, 0.1) is 11.1 Å². The Labute approximate surface area is 180 Å². The monoisotopic (exact) mass is 412 g/mol. The first-order valence-corrected chi connectivity index (χ1v) is 10.3. The van der Waals surface area contributed by atoms with E-state index in [0.717, 1.165) is 34.3 Å². The lowest BCUT2D eigenvalue weighted by Gasteiger charge is -2.21. The number of benzene rings is 2. The SMILES string of the molecule is CCc1ccccc1N(C)C(=O)Cn1nc(Cc2cccnc2)c2ccccc2c1=O. The number of rotatable bonds is 6. The van der Waals surface area contributed by atoms with Crippen LogP contribution in [-0.2, 0) is 24.2 Å². The quantitative estimate of drug-likeness (QED) is 0.485. The highest BCUT2D eigenvalue weighted by Gasteiger charge is 2.18. The number of pyridine rings is 1. The van der Waals surface area contributed by atoms with Crippen LogP contribution < -0.4 is 10.5 Å². The van der Waals surface area contributed by atoms with Gasteiger partial charge in [0.15, 0.2) is 0 Å². The molecule has 2 heterocycles. The summed E-state index contributed by atoms with van der Waals surface area (Å²) in [5, 5.41) is 5.94. The number of fused-ring (bicyclic) bond motifs is 1. The molecule has 0 fully saturated rings. The van der Waals surface area contributed by atoms with E-state index < -0.39 is 0 Å². The second kappa shape index (κ2) is 8.92. The van der Waals surface area contributed by atoms with Gasteiger partial charge in [-0.05, 0) is 35.7 Å². The lowest BCUT2D eigenvalue weighted by molar-refractivity contribution is -0.119. The van der Waals surface area contributed by atoms with E-state index >= 15 is 0 Å². The highest BCUT2D eigenvalue weighted by molar-refractivity contribution is 5.93. The van der Waals surface area contributed by atoms with E-state index in [1.807, 2.05) is 54.6 Å². The minimum Gasteiger partial charge on any atom is -0.314 e. The van der Waals surface area contributed by atoms with Crippen LogP contribution in [0.15, 0.2) is 77.9 Å². The Hall–Kier alpha value is -3.80. The minimum absolute atomic E-state index is 0.127. The molecule has 156 valence electrons. The van der Waals surface area contributed by atoms with Crippen LogP contribution in [-0.4, -0.2) is 27.7 Å². The number of hydrogen-bond acceptors (Lipinski definition) is 4. The molecule has 0 saturated carbocycles. The fraction of sp³-hybridized carbons (Fsp3) is 0.200. The van der Waals surface area contributed by atoms with Gasteiger partial charge in [0.25, 0.3) is 5.56 Å². The van der Waals surface area contributed by atoms with Crippen LogP contribution in [0.4, 0.5) is 5.69 Å². The largest absolute Gasteiger partial charge is 0.314 e. The summed E-state index contributed by atoms with van der Waals surface area (Å²) in [5.41, 5.74) is 3.39. The zero-order valence-corrected chi connectivity index (χ0v) is 17.7. The van der Waals surface area contributed by atoms with Crippen molar-refractivity contribution in [2.45, 2.75) is 26.3 Å². The van der Waals surface area contributed by atoms with Crippen molar-refractivity contribution in [3.05, 3.63) is 100 Å². The van der Waals surface area contributed by atoms with Crippen LogP contribution in [0.3, 0.4) is 0 Å². The first-order chi connectivity index (χ1) is 15.1. The fourth-order valence-electron chi connectivity index (χ4n) is 3.74. The fourth-order valence-corrected chi connectivity index (χ4v) is 3.74. The highest BCUT2D eigenvalue weighted by Crippen LogP contribution is 2.20. The molecule has 4 rings (SSSR count). The van der Waals surface area contributed by atoms with Crippen molar-refractivity contribution >= 4 is 22.4 Å². The summed E-state index contributed by atoms with van der Waals surface area (Å²) in [6.07, 6.45) is 4.85. The maximum atomic E-state index is 13.1. The summed E-state index contributed by atoms with van der Waals surface area (Å²) in [7, 11) is 1.74. The number of aromatic nitrogens is 3. The molecule has 0 spiro atoms. The van der Waals surface area contributed by atoms with Gasteiger partial charge in [0.2, 0.25) is 5.91 Å². The Bertz CT molecular complexity index is 1280. The first kappa shape index (κ1) is 20.5. The van der Waals surface area contributed by atoms with Crippen LogP contribution >= 0.6 is 0 Å². The van der Waals surface area contributed by atoms with E-state index in [2.05, 4.69) is 17.0 Å². The van der Waals surface area contributed by atoms with Gasteiger partial charge in [0.1, 0.15) is 6.54 Å². The zero-order valence-electron chi connectivity index (χ0n) is 17.7. The summed E-state index contributed by atoms with van der Waals surface area (Å²) in [6, 6.07) is 19.0. The molecule has 0 atom stereocenters. The van der Waals surface area contributed by atoms with Crippen molar-refractivity contribution in [1.29, 1.82) is 0 Å². The number of nitrogens with zero attached hydrogens (tertiary/aromatic N) is 4. The smallest absolute Gasteiger partial charge is 0.275 e. The Kier molecular flexibility index (Phi) is 5.89. The molecule has 0 radical (unpaired) electrons. The molecule has 2 aromatic carbocycles. The number of para-hydroxylation sites is 1. The second-order valence-corrected chi connectivity index (χ2v) is 7.43. The molecule has 6 nitrogen and oxygen atoms in total. The number of hydrogen-bond donors (Lipinski definition) is 0. The molecule has 31 heavy (non-hydrogen) atoms. The number of carbonyl (C=O) groups is 1. The van der Waals surface area contributed by atoms with Crippen molar-refractivity contribution < 1.29 is 4.79 Å². The van der Waals surface area contributed by atoms with E-state index in [1.54, 1.807) is 30.4 Å². The molecule has 0 unspecified atom stereocenters. The van der Waals surface area contributed by atoms with Crippen molar-refractivity contribution in [3.63, 3.8) is 0 Å². The van der Waals surface area contributed by atoms with Crippen LogP contribution in [0.25, 0.3) is 10.8 Å². The van der Waals surface area contributed by atoms with Crippen molar-refractivity contribution in [2.24, 2.45) is 0 Å². The Balaban J connectivity index is 1.71. The van der Waals surface area contributed by atoms with E-state index in [4.69, 9.17) is 0 Å². The second-order valence-electron chi connectivity index (χ2n) is 7.43. The Morgan fingerprint density at radius 3 is 2.48 bits per heavy atom. The third-order valence-electron chi connectivity index (χ3n) is 5.43. The lowest BCUT2D eigenvalue weighted by Crippen LogP contribution is -2.36. The topological polar surface area (TPSA) is 68.1 Å². The summed E-state index contributed by atoms with van der Waals surface area (Å²) in [6.45, 7) is 1.93. The molecule has 1 amide bonds. The minimum atomic E-state index is -0.268. The molecule has 0 bridgehead atoms. The molecule has 0 aliphatic heterocycles. The van der Waals surface area contributed by atoms with Crippen LogP contribution in [0.5, 0.6) is 0 Å². The standard InChI is InChI=1S/C25H24N4O2/c1-3-19-10-4-7-13-23(19)28(2)24(30)17-29-25(31)21-12-6-5-11-20(21)22(27-29)15-18-9-8-14-26-16-18/h4-14,16H,3,15,17H2,1-2H3. The van der Waals surface area contributed by atoms with E-state index in [0.29, 0.717) is 11.8 Å². The van der Waals surface area contributed by atoms with Gasteiger partial charge in [-0.2, -0.15) is 5.10 Å². The summed E-state index contributed by atoms with van der Waals surface area (Å²) >= 11 is 0. The van der Waals surface area contributed by atoms with Gasteiger partial charge >= 0.3 is 0 Å². The number of carbonyl (C=O) groups excluding carboxylic acids is 1. The Morgan fingerprint density at radius 2 is 1.74 bits per heavy atom. The summed E-state index contributed by atoms with van der Waals surface area (Å²) in [4.78, 5) is 31.9. The van der Waals surface area contributed by atoms with Gasteiger partial charge in [-0.3, -0.25) is 14.6 Å². The number of anilines is 1. The van der Waals surface area contributed by atoms with Crippen LogP contribution in [0.2, 0.25) is 0 Å². The average molecular weight is 412 g/mol. The van der Waals surface area contributed by atoms with E-state index in [1.165, 1.54) is 4.68 Å². The number of likely N-dealkylation sites (N-methyl/N-ethyl adjacent to an activating group) is 1. The molecular formula is C25H24N4O2. The maximum absolute atomic E-state index is 13.1. The first-order valence-electron chi connectivity index (χ1n) is 10.3. The lowest BCUT2D eigenvalue weighted by atomic mass is 10.1. The molecular weight excluding hydrogens is 388 g/mol. The van der Waals surface area contributed by atoms with Gasteiger partial charge < -0.3 is 4.90 Å². The molecule has 4 aromatic rings. The molecule has 2 aromatic heterocycles. The van der Waals surface area contributed by atoms with Crippen molar-refractivity contribution in [1.82, 2.24) is 14.8 Å². The normalized spacial score (nSPS) is 10.9. The van der Waals surface area contributed by atoms with E-state index in [9.17, 15) is 9.59 Å². The molecule has 0 aliphatic rings. The summed E-state index contributed by atoms with van der Waals surface area (Å²) < 4.78 is 1.28. The number of amides is 1. The summed E-state index contributed by atoms with van der Waals surface area (Å²) in [5.74, 6) is -0.196. The van der Waals surface area contributed by atoms with Gasteiger partial charge in [-0.1, -0.05) is 49.4 Å². The van der Waals surface area contributed by atoms with Crippen LogP contribution in [0.1, 0.15) is 23.7 Å². The third kappa shape index (κ3) is 4.23. The van der Waals surface area contributed by atoms with Crippen molar-refractivity contribution in [2.75, 3.05) is 11.9 Å². The highest BCUT2D eigenvalue weighted by atomic mass is 16.2. The predicted octanol–water partition coefficient (Wildman–Crippen LogP) is 3.61. The van der Waals surface area contributed by atoms with Gasteiger partial charge in [-0.25, -0.2) is 4.68 Å². The maximum Gasteiger partial charge on any atom is 0.275 e. The average Bonchev–Trinajstić information content (AvgIpc) is 2.82.